The van der Waals surface area contributed by atoms with Crippen LogP contribution in [0, 0.1) is 0 Å². The maximum atomic E-state index is 12.6. The van der Waals surface area contributed by atoms with Crippen LogP contribution in [-0.2, 0) is 4.79 Å². The Bertz CT molecular complexity index is 533. The predicted molar refractivity (Wildman–Crippen MR) is 89.8 cm³/mol. The first-order chi connectivity index (χ1) is 10.5. The Kier molecular flexibility index (Phi) is 5.97. The molecular formula is C16H22BrN3O2. The molecule has 1 aromatic rings. The van der Waals surface area contributed by atoms with Gasteiger partial charge in [-0.1, -0.05) is 15.9 Å². The molecule has 1 heterocycles. The zero-order valence-electron chi connectivity index (χ0n) is 13.0. The maximum absolute atomic E-state index is 12.6. The number of nitrogens with one attached hydrogen (secondary N) is 1. The highest BCUT2D eigenvalue weighted by Crippen LogP contribution is 2.22. The third-order valence-corrected chi connectivity index (χ3v) is 4.49. The molecule has 1 fully saturated rings. The molecule has 1 unspecified atom stereocenters. The molecule has 1 saturated heterocycles. The lowest BCUT2D eigenvalue weighted by Crippen LogP contribution is -2.47. The van der Waals surface area contributed by atoms with Gasteiger partial charge in [-0.3, -0.25) is 9.59 Å². The van der Waals surface area contributed by atoms with E-state index in [1.807, 2.05) is 19.2 Å². The van der Waals surface area contributed by atoms with E-state index in [1.165, 1.54) is 0 Å². The fourth-order valence-corrected chi connectivity index (χ4v) is 2.93. The van der Waals surface area contributed by atoms with E-state index in [4.69, 9.17) is 0 Å². The van der Waals surface area contributed by atoms with Gasteiger partial charge in [0.1, 0.15) is 6.04 Å². The van der Waals surface area contributed by atoms with Gasteiger partial charge in [0.2, 0.25) is 5.91 Å². The Morgan fingerprint density at radius 2 is 2.05 bits per heavy atom. The molecule has 5 nitrogen and oxygen atoms in total. The SMILES string of the molecule is CNCCN(C)C(=O)C1CCCN1C(=O)c1ccc(Br)cc1. The topological polar surface area (TPSA) is 52.7 Å². The highest BCUT2D eigenvalue weighted by Gasteiger charge is 2.35. The van der Waals surface area contributed by atoms with Crippen molar-refractivity contribution < 1.29 is 9.59 Å². The summed E-state index contributed by atoms with van der Waals surface area (Å²) >= 11 is 3.36. The summed E-state index contributed by atoms with van der Waals surface area (Å²) in [6, 6.07) is 6.93. The van der Waals surface area contributed by atoms with Gasteiger partial charge in [-0.2, -0.15) is 0 Å². The van der Waals surface area contributed by atoms with Crippen LogP contribution in [0.2, 0.25) is 0 Å². The lowest BCUT2D eigenvalue weighted by molar-refractivity contribution is -0.133. The lowest BCUT2D eigenvalue weighted by atomic mass is 10.1. The normalized spacial score (nSPS) is 17.6. The molecule has 0 saturated carbocycles. The van der Waals surface area contributed by atoms with Crippen LogP contribution in [0.15, 0.2) is 28.7 Å². The van der Waals surface area contributed by atoms with E-state index in [0.717, 1.165) is 23.9 Å². The summed E-state index contributed by atoms with van der Waals surface area (Å²) in [7, 11) is 3.65. The second-order valence-electron chi connectivity index (χ2n) is 5.53. The van der Waals surface area contributed by atoms with Crippen LogP contribution >= 0.6 is 15.9 Å². The number of carbonyl (C=O) groups excluding carboxylic acids is 2. The van der Waals surface area contributed by atoms with Crippen molar-refractivity contribution in [2.24, 2.45) is 0 Å². The first-order valence-electron chi connectivity index (χ1n) is 7.50. The summed E-state index contributed by atoms with van der Waals surface area (Å²) in [6.07, 6.45) is 1.61. The van der Waals surface area contributed by atoms with Gasteiger partial charge in [-0.25, -0.2) is 0 Å². The first kappa shape index (κ1) is 17.0. The van der Waals surface area contributed by atoms with Crippen LogP contribution in [0.3, 0.4) is 0 Å². The van der Waals surface area contributed by atoms with Gasteiger partial charge in [0, 0.05) is 36.7 Å². The molecule has 6 heteroatoms. The molecule has 22 heavy (non-hydrogen) atoms. The molecule has 0 bridgehead atoms. The zero-order chi connectivity index (χ0) is 16.1. The third kappa shape index (κ3) is 3.87. The van der Waals surface area contributed by atoms with Gasteiger partial charge < -0.3 is 15.1 Å². The number of benzene rings is 1. The molecule has 120 valence electrons. The monoisotopic (exact) mass is 367 g/mol. The van der Waals surface area contributed by atoms with Crippen molar-refractivity contribution in [1.29, 1.82) is 0 Å². The number of rotatable bonds is 5. The van der Waals surface area contributed by atoms with Gasteiger partial charge in [-0.05, 0) is 44.2 Å². The van der Waals surface area contributed by atoms with E-state index in [9.17, 15) is 9.59 Å². The number of carbonyl (C=O) groups is 2. The molecule has 1 N–H and O–H groups in total. The molecule has 0 aromatic heterocycles. The second kappa shape index (κ2) is 7.74. The fraction of sp³-hybridized carbons (Fsp3) is 0.500. The van der Waals surface area contributed by atoms with Gasteiger partial charge in [0.15, 0.2) is 0 Å². The Hall–Kier alpha value is -1.40. The second-order valence-corrected chi connectivity index (χ2v) is 6.44. The Balaban J connectivity index is 2.08. The summed E-state index contributed by atoms with van der Waals surface area (Å²) in [5.41, 5.74) is 0.626. The average molecular weight is 368 g/mol. The quantitative estimate of drug-likeness (QED) is 0.861. The molecule has 0 aliphatic carbocycles. The Morgan fingerprint density at radius 1 is 1.36 bits per heavy atom. The van der Waals surface area contributed by atoms with Crippen molar-refractivity contribution in [1.82, 2.24) is 15.1 Å². The summed E-state index contributed by atoms with van der Waals surface area (Å²) in [5, 5.41) is 3.03. The molecule has 0 spiro atoms. The van der Waals surface area contributed by atoms with E-state index in [2.05, 4.69) is 21.2 Å². The summed E-state index contributed by atoms with van der Waals surface area (Å²) in [6.45, 7) is 2.03. The van der Waals surface area contributed by atoms with Gasteiger partial charge in [-0.15, -0.1) is 0 Å². The van der Waals surface area contributed by atoms with Crippen molar-refractivity contribution in [3.63, 3.8) is 0 Å². The van der Waals surface area contributed by atoms with Gasteiger partial charge >= 0.3 is 0 Å². The van der Waals surface area contributed by atoms with Gasteiger partial charge in [0.25, 0.3) is 5.91 Å². The van der Waals surface area contributed by atoms with Crippen molar-refractivity contribution in [3.05, 3.63) is 34.3 Å². The largest absolute Gasteiger partial charge is 0.343 e. The van der Waals surface area contributed by atoms with Crippen LogP contribution in [0.1, 0.15) is 23.2 Å². The third-order valence-electron chi connectivity index (χ3n) is 3.96. The number of likely N-dealkylation sites (tertiary alicyclic amines) is 1. The van der Waals surface area contributed by atoms with E-state index >= 15 is 0 Å². The van der Waals surface area contributed by atoms with E-state index in [-0.39, 0.29) is 17.9 Å². The van der Waals surface area contributed by atoms with Crippen LogP contribution in [0.5, 0.6) is 0 Å². The minimum absolute atomic E-state index is 0.0261. The van der Waals surface area contributed by atoms with Crippen molar-refractivity contribution >= 4 is 27.7 Å². The Morgan fingerprint density at radius 3 is 2.68 bits per heavy atom. The van der Waals surface area contributed by atoms with Crippen LogP contribution < -0.4 is 5.32 Å². The maximum Gasteiger partial charge on any atom is 0.254 e. The number of nitrogens with zero attached hydrogens (tertiary/aromatic N) is 2. The number of likely N-dealkylation sites (N-methyl/N-ethyl adjacent to an activating group) is 2. The van der Waals surface area contributed by atoms with E-state index in [1.54, 1.807) is 29.0 Å². The van der Waals surface area contributed by atoms with Crippen LogP contribution in [0.25, 0.3) is 0 Å². The van der Waals surface area contributed by atoms with E-state index in [0.29, 0.717) is 18.7 Å². The van der Waals surface area contributed by atoms with Crippen molar-refractivity contribution in [2.75, 3.05) is 33.7 Å². The molecule has 1 aliphatic heterocycles. The van der Waals surface area contributed by atoms with Crippen LogP contribution in [0.4, 0.5) is 0 Å². The first-order valence-corrected chi connectivity index (χ1v) is 8.30. The smallest absolute Gasteiger partial charge is 0.254 e. The Labute approximate surface area is 139 Å². The molecule has 1 aromatic carbocycles. The molecule has 0 radical (unpaired) electrons. The minimum Gasteiger partial charge on any atom is -0.343 e. The highest BCUT2D eigenvalue weighted by molar-refractivity contribution is 9.10. The number of halogens is 1. The molecule has 1 atom stereocenters. The number of hydrogen-bond acceptors (Lipinski definition) is 3. The average Bonchev–Trinajstić information content (AvgIpc) is 3.01. The minimum atomic E-state index is -0.335. The molecule has 2 amide bonds. The number of amides is 2. The van der Waals surface area contributed by atoms with E-state index < -0.39 is 0 Å². The zero-order valence-corrected chi connectivity index (χ0v) is 14.6. The summed E-state index contributed by atoms with van der Waals surface area (Å²) < 4.78 is 0.935. The summed E-state index contributed by atoms with van der Waals surface area (Å²) in [4.78, 5) is 28.6. The predicted octanol–water partition coefficient (Wildman–Crippen LogP) is 1.73. The fourth-order valence-electron chi connectivity index (χ4n) is 2.67. The molecule has 1 aliphatic rings. The van der Waals surface area contributed by atoms with Crippen LogP contribution in [-0.4, -0.2) is 61.4 Å². The highest BCUT2D eigenvalue weighted by atomic mass is 79.9. The lowest BCUT2D eigenvalue weighted by Gasteiger charge is -2.28. The standard InChI is InChI=1S/C16H22BrN3O2/c1-18-9-11-19(2)16(22)14-4-3-10-20(14)15(21)12-5-7-13(17)8-6-12/h5-8,14,18H,3-4,9-11H2,1-2H3. The van der Waals surface area contributed by atoms with Crippen molar-refractivity contribution in [3.8, 4) is 0 Å². The number of hydrogen-bond donors (Lipinski definition) is 1. The van der Waals surface area contributed by atoms with Crippen molar-refractivity contribution in [2.45, 2.75) is 18.9 Å². The molecule has 2 rings (SSSR count). The van der Waals surface area contributed by atoms with Gasteiger partial charge in [0.05, 0.1) is 0 Å². The summed E-state index contributed by atoms with van der Waals surface area (Å²) in [5.74, 6) is -0.0384. The molecular weight excluding hydrogens is 346 g/mol.